The summed E-state index contributed by atoms with van der Waals surface area (Å²) in [6, 6.07) is 11.6. The summed E-state index contributed by atoms with van der Waals surface area (Å²) in [4.78, 5) is 44.0. The number of rotatable bonds is 8. The number of para-hydroxylation sites is 1. The maximum atomic E-state index is 13.8. The number of nitrogens with one attached hydrogen (secondary N) is 2. The molecule has 1 aliphatic heterocycles. The highest BCUT2D eigenvalue weighted by Crippen LogP contribution is 2.31. The normalized spacial score (nSPS) is 18.2. The molecule has 0 spiro atoms. The highest BCUT2D eigenvalue weighted by molar-refractivity contribution is 6.34. The van der Waals surface area contributed by atoms with E-state index in [2.05, 4.69) is 10.6 Å². The van der Waals surface area contributed by atoms with Crippen LogP contribution in [0.2, 0.25) is 5.02 Å². The summed E-state index contributed by atoms with van der Waals surface area (Å²) in [5, 5.41) is 6.43. The van der Waals surface area contributed by atoms with E-state index in [9.17, 15) is 14.4 Å². The summed E-state index contributed by atoms with van der Waals surface area (Å²) < 4.78 is 5.66. The second-order valence-electron chi connectivity index (χ2n) is 11.2. The molecule has 1 fully saturated rings. The Labute approximate surface area is 242 Å². The van der Waals surface area contributed by atoms with Gasteiger partial charge in [-0.1, -0.05) is 63.4 Å². The maximum absolute atomic E-state index is 13.8. The van der Waals surface area contributed by atoms with Crippen LogP contribution in [-0.2, 0) is 11.3 Å². The molecule has 1 saturated carbocycles. The van der Waals surface area contributed by atoms with Crippen LogP contribution in [0.4, 0.5) is 10.5 Å². The molecule has 2 aromatic carbocycles. The highest BCUT2D eigenvalue weighted by Gasteiger charge is 2.35. The SMILES string of the molecule is CCCOc1ccc(C(=O)N2C[C@H](C)N(C(=O)N[C@@H](C(=O)NC3CCCC3)C(C)C)Cc3ccccc32)c(Cl)c1. The molecule has 2 atom stereocenters. The molecule has 1 aliphatic carbocycles. The first-order valence-electron chi connectivity index (χ1n) is 14.4. The van der Waals surface area contributed by atoms with Crippen molar-refractivity contribution in [3.05, 3.63) is 58.6 Å². The van der Waals surface area contributed by atoms with Crippen molar-refractivity contribution in [2.45, 2.75) is 84.5 Å². The van der Waals surface area contributed by atoms with E-state index >= 15 is 0 Å². The summed E-state index contributed by atoms with van der Waals surface area (Å²) in [5.41, 5.74) is 1.94. The van der Waals surface area contributed by atoms with Gasteiger partial charge in [0.2, 0.25) is 5.91 Å². The van der Waals surface area contributed by atoms with E-state index in [0.29, 0.717) is 29.5 Å². The minimum absolute atomic E-state index is 0.0792. The molecule has 9 heteroatoms. The lowest BCUT2D eigenvalue weighted by atomic mass is 10.0. The molecule has 2 aromatic rings. The zero-order chi connectivity index (χ0) is 28.8. The van der Waals surface area contributed by atoms with Crippen molar-refractivity contribution in [1.82, 2.24) is 15.5 Å². The van der Waals surface area contributed by atoms with E-state index in [1.807, 2.05) is 52.0 Å². The van der Waals surface area contributed by atoms with E-state index in [1.165, 1.54) is 0 Å². The van der Waals surface area contributed by atoms with Crippen LogP contribution in [0.3, 0.4) is 0 Å². The van der Waals surface area contributed by atoms with Crippen molar-refractivity contribution < 1.29 is 19.1 Å². The van der Waals surface area contributed by atoms with Gasteiger partial charge in [-0.2, -0.15) is 0 Å². The minimum Gasteiger partial charge on any atom is -0.494 e. The van der Waals surface area contributed by atoms with Gasteiger partial charge < -0.3 is 25.2 Å². The zero-order valence-electron chi connectivity index (χ0n) is 23.9. The van der Waals surface area contributed by atoms with Crippen LogP contribution in [0.25, 0.3) is 0 Å². The van der Waals surface area contributed by atoms with Crippen LogP contribution in [0, 0.1) is 5.92 Å². The second-order valence-corrected chi connectivity index (χ2v) is 11.6. The van der Waals surface area contributed by atoms with Crippen LogP contribution in [0.1, 0.15) is 75.7 Å². The fourth-order valence-electron chi connectivity index (χ4n) is 5.41. The van der Waals surface area contributed by atoms with Gasteiger partial charge in [0, 0.05) is 30.9 Å². The summed E-state index contributed by atoms with van der Waals surface area (Å²) in [6.45, 7) is 8.95. The van der Waals surface area contributed by atoms with E-state index in [-0.39, 0.29) is 42.4 Å². The number of carbonyl (C=O) groups is 3. The summed E-state index contributed by atoms with van der Waals surface area (Å²) >= 11 is 6.54. The molecular formula is C31H41ClN4O4. The Bertz CT molecular complexity index is 1210. The molecule has 2 N–H and O–H groups in total. The maximum Gasteiger partial charge on any atom is 0.318 e. The van der Waals surface area contributed by atoms with Crippen LogP contribution < -0.4 is 20.3 Å². The van der Waals surface area contributed by atoms with Gasteiger partial charge in [0.1, 0.15) is 11.8 Å². The van der Waals surface area contributed by atoms with Crippen molar-refractivity contribution in [3.8, 4) is 5.75 Å². The van der Waals surface area contributed by atoms with Crippen molar-refractivity contribution in [3.63, 3.8) is 0 Å². The van der Waals surface area contributed by atoms with Gasteiger partial charge in [-0.25, -0.2) is 4.79 Å². The second kappa shape index (κ2) is 13.4. The molecule has 1 heterocycles. The van der Waals surface area contributed by atoms with E-state index in [4.69, 9.17) is 16.3 Å². The zero-order valence-corrected chi connectivity index (χ0v) is 24.7. The van der Waals surface area contributed by atoms with Gasteiger partial charge in [0.05, 0.1) is 17.2 Å². The summed E-state index contributed by atoms with van der Waals surface area (Å²) in [6.07, 6.45) is 5.06. The van der Waals surface area contributed by atoms with E-state index in [1.54, 1.807) is 28.0 Å². The third-order valence-electron chi connectivity index (χ3n) is 7.68. The molecule has 8 nitrogen and oxygen atoms in total. The molecule has 40 heavy (non-hydrogen) atoms. The Balaban J connectivity index is 1.54. The number of hydrogen-bond donors (Lipinski definition) is 2. The van der Waals surface area contributed by atoms with Crippen molar-refractivity contribution in [1.29, 1.82) is 0 Å². The predicted molar refractivity (Wildman–Crippen MR) is 158 cm³/mol. The third-order valence-corrected chi connectivity index (χ3v) is 7.99. The smallest absolute Gasteiger partial charge is 0.318 e. The van der Waals surface area contributed by atoms with E-state index in [0.717, 1.165) is 43.4 Å². The minimum atomic E-state index is -0.649. The average Bonchev–Trinajstić information content (AvgIpc) is 3.39. The third kappa shape index (κ3) is 6.89. The number of benzene rings is 2. The molecule has 0 saturated heterocycles. The quantitative estimate of drug-likeness (QED) is 0.423. The fraction of sp³-hybridized carbons (Fsp3) is 0.516. The van der Waals surface area contributed by atoms with Gasteiger partial charge >= 0.3 is 6.03 Å². The fourth-order valence-corrected chi connectivity index (χ4v) is 5.66. The Morgan fingerprint density at radius 1 is 1.10 bits per heavy atom. The molecule has 0 radical (unpaired) electrons. The van der Waals surface area contributed by atoms with E-state index < -0.39 is 6.04 Å². The van der Waals surface area contributed by atoms with Crippen LogP contribution in [0.15, 0.2) is 42.5 Å². The number of urea groups is 1. The number of fused-ring (bicyclic) bond motifs is 1. The standard InChI is InChI=1S/C31H41ClN4O4/c1-5-16-40-24-14-15-25(26(32)17-24)30(38)36-18-21(4)35(19-22-10-6-9-13-27(22)36)31(39)34-28(20(2)3)29(37)33-23-11-7-8-12-23/h6,9-10,13-15,17,20-21,23,28H,5,7-8,11-12,16,18-19H2,1-4H3,(H,33,37)(H,34,39)/t21-,28+/m0/s1. The lowest BCUT2D eigenvalue weighted by Gasteiger charge is -2.32. The largest absolute Gasteiger partial charge is 0.494 e. The topological polar surface area (TPSA) is 91.0 Å². The molecule has 4 amide bonds. The Kier molecular flexibility index (Phi) is 9.95. The summed E-state index contributed by atoms with van der Waals surface area (Å²) in [5.74, 6) is 0.150. The van der Waals surface area contributed by atoms with Crippen molar-refractivity contribution in [2.24, 2.45) is 5.92 Å². The number of ether oxygens (including phenoxy) is 1. The number of halogens is 1. The molecule has 2 aliphatic rings. The molecule has 4 rings (SSSR count). The summed E-state index contributed by atoms with van der Waals surface area (Å²) in [7, 11) is 0. The van der Waals surface area contributed by atoms with Gasteiger partial charge in [-0.15, -0.1) is 0 Å². The first kappa shape index (κ1) is 29.7. The Morgan fingerprint density at radius 3 is 2.50 bits per heavy atom. The van der Waals surface area contributed by atoms with Crippen LogP contribution in [-0.4, -0.2) is 54.0 Å². The van der Waals surface area contributed by atoms with Gasteiger partial charge in [-0.05, 0) is 61.9 Å². The van der Waals surface area contributed by atoms with Gasteiger partial charge in [0.25, 0.3) is 5.91 Å². The lowest BCUT2D eigenvalue weighted by molar-refractivity contribution is -0.124. The number of carbonyl (C=O) groups excluding carboxylic acids is 3. The first-order valence-corrected chi connectivity index (χ1v) is 14.8. The molecule has 0 unspecified atom stereocenters. The lowest BCUT2D eigenvalue weighted by Crippen LogP contribution is -2.56. The molecule has 0 aromatic heterocycles. The van der Waals surface area contributed by atoms with Crippen LogP contribution >= 0.6 is 11.6 Å². The Morgan fingerprint density at radius 2 is 1.82 bits per heavy atom. The predicted octanol–water partition coefficient (Wildman–Crippen LogP) is 5.77. The molecule has 0 bridgehead atoms. The van der Waals surface area contributed by atoms with Gasteiger partial charge in [-0.3, -0.25) is 9.59 Å². The van der Waals surface area contributed by atoms with Crippen molar-refractivity contribution in [2.75, 3.05) is 18.1 Å². The number of hydrogen-bond acceptors (Lipinski definition) is 4. The van der Waals surface area contributed by atoms with Crippen LogP contribution in [0.5, 0.6) is 5.75 Å². The van der Waals surface area contributed by atoms with Gasteiger partial charge in [0.15, 0.2) is 0 Å². The Hall–Kier alpha value is -3.26. The number of nitrogens with zero attached hydrogens (tertiary/aromatic N) is 2. The molecule has 216 valence electrons. The average molecular weight is 569 g/mol. The van der Waals surface area contributed by atoms with Crippen molar-refractivity contribution >= 4 is 35.1 Å². The number of anilines is 1. The first-order chi connectivity index (χ1) is 19.2. The monoisotopic (exact) mass is 568 g/mol. The molecular weight excluding hydrogens is 528 g/mol. The highest BCUT2D eigenvalue weighted by atomic mass is 35.5. The number of amides is 4.